The van der Waals surface area contributed by atoms with Crippen molar-refractivity contribution in [3.63, 3.8) is 0 Å². The quantitative estimate of drug-likeness (QED) is 0.927. The summed E-state index contributed by atoms with van der Waals surface area (Å²) in [6.45, 7) is 9.77. The van der Waals surface area contributed by atoms with E-state index in [-0.39, 0.29) is 17.9 Å². The van der Waals surface area contributed by atoms with Crippen LogP contribution in [-0.2, 0) is 4.79 Å². The third-order valence-corrected chi connectivity index (χ3v) is 4.75. The number of nitriles is 1. The van der Waals surface area contributed by atoms with E-state index in [0.29, 0.717) is 11.6 Å². The standard InChI is InChI=1S/C18H26N4O/c1-12(2)14(4)20-18(23)15-7-9-22(10-8-15)17-6-5-13(3)16(11-19)21-17/h5-6,12,14-15H,7-10H2,1-4H3,(H,20,23). The van der Waals surface area contributed by atoms with Gasteiger partial charge in [0.05, 0.1) is 0 Å². The molecule has 1 N–H and O–H groups in total. The van der Waals surface area contributed by atoms with Crippen molar-refractivity contribution in [3.05, 3.63) is 23.4 Å². The maximum Gasteiger partial charge on any atom is 0.223 e. The molecule has 0 bridgehead atoms. The molecule has 1 aliphatic rings. The molecule has 5 heteroatoms. The van der Waals surface area contributed by atoms with Gasteiger partial charge >= 0.3 is 0 Å². The van der Waals surface area contributed by atoms with E-state index in [1.54, 1.807) is 0 Å². The van der Waals surface area contributed by atoms with E-state index < -0.39 is 0 Å². The number of hydrogen-bond donors (Lipinski definition) is 1. The molecule has 5 nitrogen and oxygen atoms in total. The van der Waals surface area contributed by atoms with Crippen molar-refractivity contribution in [3.8, 4) is 6.07 Å². The molecule has 0 spiro atoms. The van der Waals surface area contributed by atoms with Crippen molar-refractivity contribution in [1.82, 2.24) is 10.3 Å². The summed E-state index contributed by atoms with van der Waals surface area (Å²) in [6, 6.07) is 6.23. The predicted octanol–water partition coefficient (Wildman–Crippen LogP) is 2.64. The number of amides is 1. The molecule has 0 aliphatic carbocycles. The molecule has 1 amide bonds. The van der Waals surface area contributed by atoms with E-state index >= 15 is 0 Å². The summed E-state index contributed by atoms with van der Waals surface area (Å²) < 4.78 is 0. The third kappa shape index (κ3) is 4.22. The minimum absolute atomic E-state index is 0.0772. The lowest BCUT2D eigenvalue weighted by atomic mass is 9.94. The van der Waals surface area contributed by atoms with E-state index in [2.05, 4.69) is 42.0 Å². The second-order valence-corrected chi connectivity index (χ2v) is 6.75. The molecule has 1 aromatic heterocycles. The Morgan fingerprint density at radius 2 is 2.00 bits per heavy atom. The molecule has 124 valence electrons. The van der Waals surface area contributed by atoms with Crippen molar-refractivity contribution in [1.29, 1.82) is 5.26 Å². The molecule has 1 saturated heterocycles. The summed E-state index contributed by atoms with van der Waals surface area (Å²) in [5.41, 5.74) is 1.38. The molecular weight excluding hydrogens is 288 g/mol. The monoisotopic (exact) mass is 314 g/mol. The normalized spacial score (nSPS) is 17.0. The van der Waals surface area contributed by atoms with E-state index in [0.717, 1.165) is 37.3 Å². The first kappa shape index (κ1) is 17.3. The van der Waals surface area contributed by atoms with Crippen LogP contribution in [0.3, 0.4) is 0 Å². The predicted molar refractivity (Wildman–Crippen MR) is 91.1 cm³/mol. The van der Waals surface area contributed by atoms with Crippen LogP contribution in [0.1, 0.15) is 44.9 Å². The van der Waals surface area contributed by atoms with Gasteiger partial charge in [0.25, 0.3) is 0 Å². The lowest BCUT2D eigenvalue weighted by Gasteiger charge is -2.33. The molecule has 1 aromatic rings. The van der Waals surface area contributed by atoms with E-state index in [9.17, 15) is 4.79 Å². The van der Waals surface area contributed by atoms with Crippen LogP contribution in [0.5, 0.6) is 0 Å². The number of anilines is 1. The lowest BCUT2D eigenvalue weighted by Crippen LogP contribution is -2.44. The van der Waals surface area contributed by atoms with Crippen molar-refractivity contribution < 1.29 is 4.79 Å². The zero-order chi connectivity index (χ0) is 17.0. The van der Waals surface area contributed by atoms with Gasteiger partial charge in [-0.25, -0.2) is 4.98 Å². The summed E-state index contributed by atoms with van der Waals surface area (Å²) in [7, 11) is 0. The molecule has 1 atom stereocenters. The number of aryl methyl sites for hydroxylation is 1. The number of hydrogen-bond acceptors (Lipinski definition) is 4. The Balaban J connectivity index is 1.94. The third-order valence-electron chi connectivity index (χ3n) is 4.75. The van der Waals surface area contributed by atoms with Gasteiger partial charge < -0.3 is 10.2 Å². The average molecular weight is 314 g/mol. The Morgan fingerprint density at radius 3 is 2.57 bits per heavy atom. The maximum atomic E-state index is 12.3. The van der Waals surface area contributed by atoms with Gasteiger partial charge in [-0.3, -0.25) is 4.79 Å². The van der Waals surface area contributed by atoms with Crippen LogP contribution in [0.4, 0.5) is 5.82 Å². The fourth-order valence-electron chi connectivity index (χ4n) is 2.69. The second-order valence-electron chi connectivity index (χ2n) is 6.75. The van der Waals surface area contributed by atoms with Crippen molar-refractivity contribution in [2.45, 2.75) is 46.6 Å². The molecule has 1 aliphatic heterocycles. The topological polar surface area (TPSA) is 69.0 Å². The van der Waals surface area contributed by atoms with Crippen LogP contribution in [-0.4, -0.2) is 30.0 Å². The fraction of sp³-hybridized carbons (Fsp3) is 0.611. The number of nitrogens with zero attached hydrogens (tertiary/aromatic N) is 3. The fourth-order valence-corrected chi connectivity index (χ4v) is 2.69. The van der Waals surface area contributed by atoms with Crippen molar-refractivity contribution in [2.75, 3.05) is 18.0 Å². The van der Waals surface area contributed by atoms with Crippen LogP contribution in [0.2, 0.25) is 0 Å². The lowest BCUT2D eigenvalue weighted by molar-refractivity contribution is -0.126. The number of carbonyl (C=O) groups excluding carboxylic acids is 1. The smallest absolute Gasteiger partial charge is 0.223 e. The summed E-state index contributed by atoms with van der Waals surface area (Å²) >= 11 is 0. The molecule has 0 radical (unpaired) electrons. The average Bonchev–Trinajstić information content (AvgIpc) is 2.55. The van der Waals surface area contributed by atoms with Gasteiger partial charge in [0.15, 0.2) is 0 Å². The molecule has 0 saturated carbocycles. The second kappa shape index (κ2) is 7.45. The highest BCUT2D eigenvalue weighted by Crippen LogP contribution is 2.23. The van der Waals surface area contributed by atoms with E-state index in [4.69, 9.17) is 5.26 Å². The SMILES string of the molecule is Cc1ccc(N2CCC(C(=O)NC(C)C(C)C)CC2)nc1C#N. The van der Waals surface area contributed by atoms with Gasteiger partial charge in [-0.2, -0.15) is 5.26 Å². The van der Waals surface area contributed by atoms with E-state index in [1.807, 2.05) is 19.1 Å². The Labute approximate surface area is 138 Å². The highest BCUT2D eigenvalue weighted by Gasteiger charge is 2.26. The Hall–Kier alpha value is -2.09. The van der Waals surface area contributed by atoms with Crippen LogP contribution in [0, 0.1) is 30.1 Å². The molecule has 1 unspecified atom stereocenters. The van der Waals surface area contributed by atoms with E-state index in [1.165, 1.54) is 0 Å². The van der Waals surface area contributed by atoms with Gasteiger partial charge in [0, 0.05) is 25.0 Å². The molecule has 2 rings (SSSR count). The van der Waals surface area contributed by atoms with Gasteiger partial charge in [0.2, 0.25) is 5.91 Å². The van der Waals surface area contributed by atoms with Gasteiger partial charge in [-0.1, -0.05) is 19.9 Å². The van der Waals surface area contributed by atoms with Crippen molar-refractivity contribution in [2.24, 2.45) is 11.8 Å². The van der Waals surface area contributed by atoms with Crippen LogP contribution in [0.25, 0.3) is 0 Å². The minimum Gasteiger partial charge on any atom is -0.357 e. The number of aromatic nitrogens is 1. The summed E-state index contributed by atoms with van der Waals surface area (Å²) in [5, 5.41) is 12.2. The maximum absolute atomic E-state index is 12.3. The zero-order valence-corrected chi connectivity index (χ0v) is 14.5. The Bertz CT molecular complexity index is 598. The first-order chi connectivity index (χ1) is 10.9. The highest BCUT2D eigenvalue weighted by molar-refractivity contribution is 5.79. The Kier molecular flexibility index (Phi) is 5.59. The summed E-state index contributed by atoms with van der Waals surface area (Å²) in [6.07, 6.45) is 1.65. The van der Waals surface area contributed by atoms with Crippen LogP contribution in [0.15, 0.2) is 12.1 Å². The van der Waals surface area contributed by atoms with Gasteiger partial charge in [0.1, 0.15) is 17.6 Å². The van der Waals surface area contributed by atoms with Crippen LogP contribution >= 0.6 is 0 Å². The first-order valence-electron chi connectivity index (χ1n) is 8.35. The molecule has 23 heavy (non-hydrogen) atoms. The van der Waals surface area contributed by atoms with Gasteiger partial charge in [-0.05, 0) is 44.2 Å². The number of piperidine rings is 1. The summed E-state index contributed by atoms with van der Waals surface area (Å²) in [5.74, 6) is 1.52. The molecule has 0 aromatic carbocycles. The summed E-state index contributed by atoms with van der Waals surface area (Å²) in [4.78, 5) is 18.9. The molecule has 1 fully saturated rings. The highest BCUT2D eigenvalue weighted by atomic mass is 16.1. The number of rotatable bonds is 4. The molecule has 2 heterocycles. The first-order valence-corrected chi connectivity index (χ1v) is 8.35. The number of pyridine rings is 1. The number of carbonyl (C=O) groups is 1. The zero-order valence-electron chi connectivity index (χ0n) is 14.5. The minimum atomic E-state index is 0.0772. The Morgan fingerprint density at radius 1 is 1.35 bits per heavy atom. The van der Waals surface area contributed by atoms with Crippen LogP contribution < -0.4 is 10.2 Å². The largest absolute Gasteiger partial charge is 0.357 e. The number of nitrogens with one attached hydrogen (secondary N) is 1. The molecular formula is C18H26N4O. The van der Waals surface area contributed by atoms with Gasteiger partial charge in [-0.15, -0.1) is 0 Å². The van der Waals surface area contributed by atoms with Crippen molar-refractivity contribution >= 4 is 11.7 Å².